The highest BCUT2D eigenvalue weighted by Gasteiger charge is 2.18. The van der Waals surface area contributed by atoms with Crippen LogP contribution in [-0.2, 0) is 16.1 Å². The molecule has 0 aromatic heterocycles. The van der Waals surface area contributed by atoms with Crippen LogP contribution in [0.2, 0.25) is 0 Å². The maximum Gasteiger partial charge on any atom is 0.262 e. The van der Waals surface area contributed by atoms with Gasteiger partial charge in [0.1, 0.15) is 17.4 Å². The van der Waals surface area contributed by atoms with E-state index in [9.17, 15) is 14.9 Å². The molecular formula is C25H27N3O3. The van der Waals surface area contributed by atoms with Gasteiger partial charge < -0.3 is 15.4 Å². The molecule has 0 atom stereocenters. The summed E-state index contributed by atoms with van der Waals surface area (Å²) in [6, 6.07) is 18.7. The van der Waals surface area contributed by atoms with Gasteiger partial charge in [-0.25, -0.2) is 0 Å². The molecule has 0 saturated heterocycles. The zero-order valence-electron chi connectivity index (χ0n) is 17.5. The minimum atomic E-state index is -0.329. The highest BCUT2D eigenvalue weighted by molar-refractivity contribution is 6.01. The van der Waals surface area contributed by atoms with Crippen molar-refractivity contribution in [3.05, 3.63) is 71.3 Å². The van der Waals surface area contributed by atoms with Crippen LogP contribution in [0.4, 0.5) is 0 Å². The number of nitrogens with one attached hydrogen (secondary N) is 2. The van der Waals surface area contributed by atoms with Crippen molar-refractivity contribution in [3.8, 4) is 11.8 Å². The lowest BCUT2D eigenvalue weighted by atomic mass is 9.95. The van der Waals surface area contributed by atoms with Crippen LogP contribution in [0.25, 0.3) is 6.08 Å². The smallest absolute Gasteiger partial charge is 0.262 e. The van der Waals surface area contributed by atoms with E-state index < -0.39 is 0 Å². The maximum absolute atomic E-state index is 12.4. The van der Waals surface area contributed by atoms with Crippen LogP contribution in [0, 0.1) is 11.3 Å². The number of carbonyl (C=O) groups excluding carboxylic acids is 2. The van der Waals surface area contributed by atoms with E-state index >= 15 is 0 Å². The van der Waals surface area contributed by atoms with Gasteiger partial charge in [-0.2, -0.15) is 5.26 Å². The molecule has 0 bridgehead atoms. The third kappa shape index (κ3) is 7.31. The largest absolute Gasteiger partial charge is 0.484 e. The maximum atomic E-state index is 12.4. The number of hydrogen-bond acceptors (Lipinski definition) is 4. The predicted octanol–water partition coefficient (Wildman–Crippen LogP) is 3.74. The third-order valence-corrected chi connectivity index (χ3v) is 5.20. The van der Waals surface area contributed by atoms with Gasteiger partial charge in [-0.3, -0.25) is 9.59 Å². The quantitative estimate of drug-likeness (QED) is 0.506. The predicted molar refractivity (Wildman–Crippen MR) is 119 cm³/mol. The summed E-state index contributed by atoms with van der Waals surface area (Å²) in [6.45, 7) is 0.363. The third-order valence-electron chi connectivity index (χ3n) is 5.20. The first-order chi connectivity index (χ1) is 15.1. The molecule has 6 nitrogen and oxygen atoms in total. The number of amides is 2. The highest BCUT2D eigenvalue weighted by Crippen LogP contribution is 2.18. The van der Waals surface area contributed by atoms with Crippen molar-refractivity contribution >= 4 is 17.9 Å². The summed E-state index contributed by atoms with van der Waals surface area (Å²) in [5.41, 5.74) is 1.82. The second kappa shape index (κ2) is 11.6. The molecule has 6 heteroatoms. The first-order valence-corrected chi connectivity index (χ1v) is 10.6. The molecule has 2 N–H and O–H groups in total. The summed E-state index contributed by atoms with van der Waals surface area (Å²) in [4.78, 5) is 24.3. The zero-order chi connectivity index (χ0) is 21.9. The average Bonchev–Trinajstić information content (AvgIpc) is 2.82. The van der Waals surface area contributed by atoms with Crippen molar-refractivity contribution in [2.75, 3.05) is 6.61 Å². The lowest BCUT2D eigenvalue weighted by Gasteiger charge is -2.22. The molecule has 31 heavy (non-hydrogen) atoms. The first-order valence-electron chi connectivity index (χ1n) is 10.6. The van der Waals surface area contributed by atoms with Crippen molar-refractivity contribution in [1.29, 1.82) is 5.26 Å². The van der Waals surface area contributed by atoms with Gasteiger partial charge in [-0.15, -0.1) is 0 Å². The van der Waals surface area contributed by atoms with Crippen LogP contribution in [0.5, 0.6) is 5.75 Å². The summed E-state index contributed by atoms with van der Waals surface area (Å²) < 4.78 is 5.51. The zero-order valence-corrected chi connectivity index (χ0v) is 17.5. The standard InChI is InChI=1S/C25H27N3O3/c26-16-21(25(30)28-22-9-5-2-6-10-22)15-19-11-13-23(14-12-19)31-18-24(29)27-17-20-7-3-1-4-8-20/h1,3-4,7-8,11-15,22H,2,5-6,9-10,17-18H2,(H,27,29)(H,28,30)/b21-15+. The molecule has 1 saturated carbocycles. The van der Waals surface area contributed by atoms with Crippen LogP contribution < -0.4 is 15.4 Å². The Balaban J connectivity index is 1.48. The lowest BCUT2D eigenvalue weighted by Crippen LogP contribution is -2.36. The van der Waals surface area contributed by atoms with Crippen molar-refractivity contribution in [2.24, 2.45) is 0 Å². The number of nitriles is 1. The topological polar surface area (TPSA) is 91.2 Å². The van der Waals surface area contributed by atoms with E-state index in [2.05, 4.69) is 10.6 Å². The minimum absolute atomic E-state index is 0.0829. The SMILES string of the molecule is N#C/C(=C\c1ccc(OCC(=O)NCc2ccccc2)cc1)C(=O)NC1CCCCC1. The van der Waals surface area contributed by atoms with Gasteiger partial charge in [0.2, 0.25) is 0 Å². The van der Waals surface area contributed by atoms with Gasteiger partial charge in [0.15, 0.2) is 6.61 Å². The fraction of sp³-hybridized carbons (Fsp3) is 0.320. The Labute approximate surface area is 182 Å². The van der Waals surface area contributed by atoms with E-state index in [1.165, 1.54) is 6.42 Å². The molecule has 0 spiro atoms. The van der Waals surface area contributed by atoms with Crippen molar-refractivity contribution in [1.82, 2.24) is 10.6 Å². The van der Waals surface area contributed by atoms with Crippen molar-refractivity contribution < 1.29 is 14.3 Å². The molecule has 1 fully saturated rings. The molecule has 0 unspecified atom stereocenters. The Hall–Kier alpha value is -3.59. The van der Waals surface area contributed by atoms with Crippen LogP contribution in [-0.4, -0.2) is 24.5 Å². The molecule has 2 aromatic carbocycles. The first kappa shape index (κ1) is 22.1. The number of carbonyl (C=O) groups is 2. The second-order valence-corrected chi connectivity index (χ2v) is 7.60. The minimum Gasteiger partial charge on any atom is -0.484 e. The molecule has 0 radical (unpaired) electrons. The highest BCUT2D eigenvalue weighted by atomic mass is 16.5. The average molecular weight is 418 g/mol. The van der Waals surface area contributed by atoms with Gasteiger partial charge in [0, 0.05) is 12.6 Å². The Morgan fingerprint density at radius 1 is 1.03 bits per heavy atom. The van der Waals surface area contributed by atoms with E-state index in [1.807, 2.05) is 36.4 Å². The van der Waals surface area contributed by atoms with E-state index in [0.29, 0.717) is 12.3 Å². The number of benzene rings is 2. The Bertz CT molecular complexity index is 940. The summed E-state index contributed by atoms with van der Waals surface area (Å²) in [6.07, 6.45) is 6.93. The molecular weight excluding hydrogens is 390 g/mol. The molecule has 0 aliphatic heterocycles. The summed E-state index contributed by atoms with van der Waals surface area (Å²) in [7, 11) is 0. The fourth-order valence-corrected chi connectivity index (χ4v) is 3.48. The number of hydrogen-bond donors (Lipinski definition) is 2. The van der Waals surface area contributed by atoms with E-state index in [4.69, 9.17) is 4.74 Å². The number of nitrogens with zero attached hydrogens (tertiary/aromatic N) is 1. The van der Waals surface area contributed by atoms with Crippen molar-refractivity contribution in [2.45, 2.75) is 44.7 Å². The molecule has 3 rings (SSSR count). The summed E-state index contributed by atoms with van der Waals surface area (Å²) in [5, 5.41) is 15.1. The molecule has 1 aliphatic rings. The molecule has 160 valence electrons. The van der Waals surface area contributed by atoms with Gasteiger partial charge >= 0.3 is 0 Å². The van der Waals surface area contributed by atoms with E-state index in [0.717, 1.165) is 36.8 Å². The van der Waals surface area contributed by atoms with Crippen molar-refractivity contribution in [3.63, 3.8) is 0 Å². The fourth-order valence-electron chi connectivity index (χ4n) is 3.48. The Morgan fingerprint density at radius 2 is 1.74 bits per heavy atom. The normalized spacial score (nSPS) is 14.4. The Morgan fingerprint density at radius 3 is 2.42 bits per heavy atom. The second-order valence-electron chi connectivity index (χ2n) is 7.60. The molecule has 2 aromatic rings. The van der Waals surface area contributed by atoms with E-state index in [1.54, 1.807) is 30.3 Å². The van der Waals surface area contributed by atoms with Crippen LogP contribution in [0.1, 0.15) is 43.2 Å². The van der Waals surface area contributed by atoms with Crippen LogP contribution >= 0.6 is 0 Å². The monoisotopic (exact) mass is 417 g/mol. The molecule has 0 heterocycles. The molecule has 2 amide bonds. The van der Waals surface area contributed by atoms with Gasteiger partial charge in [-0.1, -0.05) is 61.7 Å². The van der Waals surface area contributed by atoms with Crippen LogP contribution in [0.3, 0.4) is 0 Å². The number of ether oxygens (including phenoxy) is 1. The van der Waals surface area contributed by atoms with Gasteiger partial charge in [-0.05, 0) is 42.2 Å². The summed E-state index contributed by atoms with van der Waals surface area (Å²) in [5.74, 6) is 0.000894. The number of rotatable bonds is 8. The molecule has 1 aliphatic carbocycles. The lowest BCUT2D eigenvalue weighted by molar-refractivity contribution is -0.123. The Kier molecular flexibility index (Phi) is 8.24. The van der Waals surface area contributed by atoms with E-state index in [-0.39, 0.29) is 30.0 Å². The van der Waals surface area contributed by atoms with Gasteiger partial charge in [0.05, 0.1) is 0 Å². The van der Waals surface area contributed by atoms with Crippen LogP contribution in [0.15, 0.2) is 60.2 Å². The van der Waals surface area contributed by atoms with Gasteiger partial charge in [0.25, 0.3) is 11.8 Å². The summed E-state index contributed by atoms with van der Waals surface area (Å²) >= 11 is 0.